The van der Waals surface area contributed by atoms with E-state index in [1.165, 1.54) is 11.8 Å². The van der Waals surface area contributed by atoms with Gasteiger partial charge in [0.05, 0.1) is 29.4 Å². The number of carbonyl (C=O) groups excluding carboxylic acids is 1. The Morgan fingerprint density at radius 1 is 1.12 bits per heavy atom. The van der Waals surface area contributed by atoms with Crippen LogP contribution in [0.3, 0.4) is 0 Å². The first-order chi connectivity index (χ1) is 15.5. The zero-order valence-electron chi connectivity index (χ0n) is 18.0. The first-order valence-electron chi connectivity index (χ1n) is 10.8. The number of hydrogen-bond donors (Lipinski definition) is 0. The van der Waals surface area contributed by atoms with Crippen molar-refractivity contribution < 1.29 is 9.53 Å². The molecule has 8 heteroatoms. The Morgan fingerprint density at radius 3 is 2.59 bits per heavy atom. The lowest BCUT2D eigenvalue weighted by atomic mass is 10.1. The van der Waals surface area contributed by atoms with Gasteiger partial charge in [-0.2, -0.15) is 0 Å². The summed E-state index contributed by atoms with van der Waals surface area (Å²) in [6.45, 7) is 6.63. The quantitative estimate of drug-likeness (QED) is 0.279. The van der Waals surface area contributed by atoms with Crippen molar-refractivity contribution >= 4 is 40.0 Å². The normalized spacial score (nSPS) is 15.7. The van der Waals surface area contributed by atoms with Gasteiger partial charge in [0, 0.05) is 36.8 Å². The molecule has 1 fully saturated rings. The van der Waals surface area contributed by atoms with Gasteiger partial charge in [-0.25, -0.2) is 4.98 Å². The van der Waals surface area contributed by atoms with Crippen molar-refractivity contribution in [3.05, 3.63) is 69.5 Å². The van der Waals surface area contributed by atoms with E-state index in [0.717, 1.165) is 39.3 Å². The third kappa shape index (κ3) is 5.41. The largest absolute Gasteiger partial charge is 0.379 e. The first kappa shape index (κ1) is 23.0. The molecule has 0 aliphatic carbocycles. The van der Waals surface area contributed by atoms with Gasteiger partial charge >= 0.3 is 0 Å². The smallest absolute Gasteiger partial charge is 0.262 e. The van der Waals surface area contributed by atoms with Crippen molar-refractivity contribution in [3.8, 4) is 0 Å². The van der Waals surface area contributed by atoms with E-state index in [4.69, 9.17) is 21.3 Å². The van der Waals surface area contributed by atoms with Crippen molar-refractivity contribution in [2.24, 2.45) is 0 Å². The molecule has 0 amide bonds. The number of Topliss-reactive ketones (excluding diaryl/α,β-unsaturated/α-hetero) is 1. The number of aromatic nitrogens is 2. The summed E-state index contributed by atoms with van der Waals surface area (Å²) in [6, 6.07) is 14.2. The van der Waals surface area contributed by atoms with Crippen molar-refractivity contribution in [2.45, 2.75) is 30.3 Å². The standard InChI is InChI=1S/C24H26ClN3O3S/c1-17(22(29)18-7-9-19(25)10-8-18)32-24-26-21-6-3-2-5-20(21)23(30)28(24)12-4-11-27-13-15-31-16-14-27/h2-3,5-10,17H,4,11-16H2,1H3. The van der Waals surface area contributed by atoms with E-state index >= 15 is 0 Å². The second-order valence-corrected chi connectivity index (χ2v) is 9.55. The van der Waals surface area contributed by atoms with E-state index in [0.29, 0.717) is 33.2 Å². The van der Waals surface area contributed by atoms with Crippen LogP contribution < -0.4 is 5.56 Å². The number of ether oxygens (including phenoxy) is 1. The van der Waals surface area contributed by atoms with Gasteiger partial charge in [0.2, 0.25) is 0 Å². The fraction of sp³-hybridized carbons (Fsp3) is 0.375. The number of nitrogens with zero attached hydrogens (tertiary/aromatic N) is 3. The van der Waals surface area contributed by atoms with Gasteiger partial charge in [-0.05, 0) is 49.7 Å². The number of rotatable bonds is 8. The number of benzene rings is 2. The molecule has 4 rings (SSSR count). The molecular formula is C24H26ClN3O3S. The summed E-state index contributed by atoms with van der Waals surface area (Å²) in [5, 5.41) is 1.37. The van der Waals surface area contributed by atoms with E-state index in [1.807, 2.05) is 25.1 Å². The highest BCUT2D eigenvalue weighted by Gasteiger charge is 2.21. The predicted octanol–water partition coefficient (Wildman–Crippen LogP) is 4.14. The van der Waals surface area contributed by atoms with Crippen LogP contribution in [0.25, 0.3) is 10.9 Å². The molecule has 1 atom stereocenters. The summed E-state index contributed by atoms with van der Waals surface area (Å²) in [5.41, 5.74) is 1.18. The molecule has 0 radical (unpaired) electrons. The Bertz CT molecular complexity index is 1140. The number of thioether (sulfide) groups is 1. The van der Waals surface area contributed by atoms with Gasteiger partial charge < -0.3 is 4.74 Å². The van der Waals surface area contributed by atoms with Crippen molar-refractivity contribution in [2.75, 3.05) is 32.8 Å². The lowest BCUT2D eigenvalue weighted by Gasteiger charge is -2.26. The number of hydrogen-bond acceptors (Lipinski definition) is 6. The van der Waals surface area contributed by atoms with Crippen LogP contribution in [0.1, 0.15) is 23.7 Å². The summed E-state index contributed by atoms with van der Waals surface area (Å²) >= 11 is 7.28. The van der Waals surface area contributed by atoms with E-state index < -0.39 is 5.25 Å². The summed E-state index contributed by atoms with van der Waals surface area (Å²) in [7, 11) is 0. The highest BCUT2D eigenvalue weighted by atomic mass is 35.5. The molecule has 6 nitrogen and oxygen atoms in total. The van der Waals surface area contributed by atoms with E-state index in [9.17, 15) is 9.59 Å². The summed E-state index contributed by atoms with van der Waals surface area (Å²) in [4.78, 5) is 33.3. The molecule has 1 unspecified atom stereocenters. The van der Waals surface area contributed by atoms with E-state index in [1.54, 1.807) is 34.9 Å². The van der Waals surface area contributed by atoms with Crippen LogP contribution in [0, 0.1) is 0 Å². The van der Waals surface area contributed by atoms with Gasteiger partial charge in [-0.15, -0.1) is 0 Å². The number of morpholine rings is 1. The molecule has 2 heterocycles. The fourth-order valence-electron chi connectivity index (χ4n) is 3.77. The third-order valence-electron chi connectivity index (χ3n) is 5.57. The van der Waals surface area contributed by atoms with Crippen LogP contribution >= 0.6 is 23.4 Å². The summed E-state index contributed by atoms with van der Waals surface area (Å²) < 4.78 is 7.13. The Morgan fingerprint density at radius 2 is 1.84 bits per heavy atom. The van der Waals surface area contributed by atoms with Crippen LogP contribution in [-0.4, -0.2) is 58.3 Å². The molecule has 32 heavy (non-hydrogen) atoms. The molecule has 1 aliphatic rings. The zero-order valence-corrected chi connectivity index (χ0v) is 19.6. The number of para-hydroxylation sites is 1. The SMILES string of the molecule is CC(Sc1nc2ccccc2c(=O)n1CCCN1CCOCC1)C(=O)c1ccc(Cl)cc1. The van der Waals surface area contributed by atoms with Crippen LogP contribution in [0.2, 0.25) is 5.02 Å². The number of fused-ring (bicyclic) bond motifs is 1. The maximum atomic E-state index is 13.3. The molecule has 1 saturated heterocycles. The zero-order chi connectivity index (χ0) is 22.5. The number of carbonyl (C=O) groups is 1. The Hall–Kier alpha value is -2.19. The average molecular weight is 472 g/mol. The highest BCUT2D eigenvalue weighted by molar-refractivity contribution is 8.00. The molecule has 0 spiro atoms. The van der Waals surface area contributed by atoms with Crippen molar-refractivity contribution in [1.29, 1.82) is 0 Å². The molecule has 0 bridgehead atoms. The predicted molar refractivity (Wildman–Crippen MR) is 129 cm³/mol. The molecular weight excluding hydrogens is 446 g/mol. The van der Waals surface area contributed by atoms with Gasteiger partial charge in [0.25, 0.3) is 5.56 Å². The molecule has 1 aliphatic heterocycles. The number of ketones is 1. The first-order valence-corrected chi connectivity index (χ1v) is 12.0. The van der Waals surface area contributed by atoms with E-state index in [-0.39, 0.29) is 11.3 Å². The maximum absolute atomic E-state index is 13.3. The Kier molecular flexibility index (Phi) is 7.63. The van der Waals surface area contributed by atoms with Crippen LogP contribution in [-0.2, 0) is 11.3 Å². The molecule has 3 aromatic rings. The lowest BCUT2D eigenvalue weighted by molar-refractivity contribution is 0.0368. The highest BCUT2D eigenvalue weighted by Crippen LogP contribution is 2.26. The molecule has 0 N–H and O–H groups in total. The molecule has 2 aromatic carbocycles. The van der Waals surface area contributed by atoms with Crippen molar-refractivity contribution in [3.63, 3.8) is 0 Å². The molecule has 1 aromatic heterocycles. The van der Waals surface area contributed by atoms with Gasteiger partial charge in [-0.1, -0.05) is 35.5 Å². The number of halogens is 1. The minimum atomic E-state index is -0.394. The molecule has 0 saturated carbocycles. The monoisotopic (exact) mass is 471 g/mol. The van der Waals surface area contributed by atoms with Crippen LogP contribution in [0.15, 0.2) is 58.5 Å². The lowest BCUT2D eigenvalue weighted by Crippen LogP contribution is -2.37. The van der Waals surface area contributed by atoms with E-state index in [2.05, 4.69) is 4.90 Å². The Labute approximate surface area is 196 Å². The second kappa shape index (κ2) is 10.6. The van der Waals surface area contributed by atoms with Gasteiger partial charge in [0.1, 0.15) is 0 Å². The third-order valence-corrected chi connectivity index (χ3v) is 6.91. The van der Waals surface area contributed by atoms with Crippen LogP contribution in [0.4, 0.5) is 0 Å². The second-order valence-electron chi connectivity index (χ2n) is 7.81. The van der Waals surface area contributed by atoms with Gasteiger partial charge in [-0.3, -0.25) is 19.1 Å². The minimum Gasteiger partial charge on any atom is -0.379 e. The average Bonchev–Trinajstić information content (AvgIpc) is 2.82. The summed E-state index contributed by atoms with van der Waals surface area (Å²) in [5.74, 6) is -0.0195. The fourth-order valence-corrected chi connectivity index (χ4v) is 4.91. The minimum absolute atomic E-state index is 0.0195. The Balaban J connectivity index is 1.56. The van der Waals surface area contributed by atoms with Gasteiger partial charge in [0.15, 0.2) is 10.9 Å². The summed E-state index contributed by atoms with van der Waals surface area (Å²) in [6.07, 6.45) is 0.826. The molecule has 168 valence electrons. The topological polar surface area (TPSA) is 64.4 Å². The van der Waals surface area contributed by atoms with Crippen molar-refractivity contribution in [1.82, 2.24) is 14.5 Å². The van der Waals surface area contributed by atoms with Crippen LogP contribution in [0.5, 0.6) is 0 Å². The maximum Gasteiger partial charge on any atom is 0.262 e.